The number of anilines is 1. The van der Waals surface area contributed by atoms with E-state index in [9.17, 15) is 0 Å². The number of methoxy groups -OCH3 is 1. The number of benzene rings is 1. The van der Waals surface area contributed by atoms with Gasteiger partial charge in [0, 0.05) is 43.2 Å². The summed E-state index contributed by atoms with van der Waals surface area (Å²) in [6, 6.07) is 16.4. The SMILES string of the molecule is COc1ccccc1-c1ccc(N2CCCN(Cc3cccs3)CC2)nn1. The van der Waals surface area contributed by atoms with Crippen molar-refractivity contribution in [2.45, 2.75) is 13.0 Å². The smallest absolute Gasteiger partial charge is 0.151 e. The quantitative estimate of drug-likeness (QED) is 0.671. The standard InChI is InChI=1S/C21H24N4OS/c1-26-20-8-3-2-7-18(20)19-9-10-21(23-22-19)25-12-5-11-24(13-14-25)16-17-6-4-15-27-17/h2-4,6-10,15H,5,11-14,16H2,1H3. The number of nitrogens with zero attached hydrogens (tertiary/aromatic N) is 4. The summed E-state index contributed by atoms with van der Waals surface area (Å²) >= 11 is 1.84. The molecule has 0 radical (unpaired) electrons. The fourth-order valence-electron chi connectivity index (χ4n) is 3.47. The molecule has 0 bridgehead atoms. The second-order valence-electron chi connectivity index (χ2n) is 6.67. The predicted octanol–water partition coefficient (Wildman–Crippen LogP) is 3.93. The zero-order chi connectivity index (χ0) is 18.5. The van der Waals surface area contributed by atoms with Crippen molar-refractivity contribution in [2.24, 2.45) is 0 Å². The molecular formula is C21H24N4OS. The number of rotatable bonds is 5. The predicted molar refractivity (Wildman–Crippen MR) is 110 cm³/mol. The van der Waals surface area contributed by atoms with Gasteiger partial charge in [0.15, 0.2) is 5.82 Å². The van der Waals surface area contributed by atoms with E-state index in [0.29, 0.717) is 0 Å². The Balaban J connectivity index is 1.43. The molecule has 0 atom stereocenters. The van der Waals surface area contributed by atoms with Crippen LogP contribution in [0.15, 0.2) is 53.9 Å². The highest BCUT2D eigenvalue weighted by Crippen LogP contribution is 2.28. The molecule has 0 spiro atoms. The van der Waals surface area contributed by atoms with Gasteiger partial charge in [0.2, 0.25) is 0 Å². The van der Waals surface area contributed by atoms with E-state index in [1.165, 1.54) is 4.88 Å². The number of thiophene rings is 1. The van der Waals surface area contributed by atoms with Crippen molar-refractivity contribution in [1.29, 1.82) is 0 Å². The Kier molecular flexibility index (Phi) is 5.65. The Bertz CT molecular complexity index is 851. The Morgan fingerprint density at radius 3 is 2.67 bits per heavy atom. The van der Waals surface area contributed by atoms with E-state index in [1.807, 2.05) is 41.7 Å². The normalized spacial score (nSPS) is 15.5. The van der Waals surface area contributed by atoms with Crippen molar-refractivity contribution in [3.63, 3.8) is 0 Å². The molecule has 0 amide bonds. The molecule has 4 rings (SSSR count). The van der Waals surface area contributed by atoms with Crippen LogP contribution >= 0.6 is 11.3 Å². The molecule has 1 fully saturated rings. The summed E-state index contributed by atoms with van der Waals surface area (Å²) in [6.45, 7) is 5.22. The maximum atomic E-state index is 5.43. The molecule has 1 aliphatic rings. The van der Waals surface area contributed by atoms with Crippen molar-refractivity contribution in [3.8, 4) is 17.0 Å². The van der Waals surface area contributed by atoms with Crippen LogP contribution in [0.3, 0.4) is 0 Å². The van der Waals surface area contributed by atoms with E-state index < -0.39 is 0 Å². The second-order valence-corrected chi connectivity index (χ2v) is 7.71. The van der Waals surface area contributed by atoms with E-state index in [4.69, 9.17) is 4.74 Å². The number of hydrogen-bond acceptors (Lipinski definition) is 6. The average Bonchev–Trinajstić information content (AvgIpc) is 3.12. The minimum Gasteiger partial charge on any atom is -0.496 e. The molecule has 0 aliphatic carbocycles. The monoisotopic (exact) mass is 380 g/mol. The van der Waals surface area contributed by atoms with Crippen molar-refractivity contribution in [3.05, 3.63) is 58.8 Å². The van der Waals surface area contributed by atoms with Crippen LogP contribution in [0.1, 0.15) is 11.3 Å². The third-order valence-corrected chi connectivity index (χ3v) is 5.77. The van der Waals surface area contributed by atoms with Crippen molar-refractivity contribution >= 4 is 17.2 Å². The highest BCUT2D eigenvalue weighted by molar-refractivity contribution is 7.09. The van der Waals surface area contributed by atoms with Crippen LogP contribution in [0.4, 0.5) is 5.82 Å². The number of ether oxygens (including phenoxy) is 1. The van der Waals surface area contributed by atoms with E-state index >= 15 is 0 Å². The zero-order valence-electron chi connectivity index (χ0n) is 15.5. The zero-order valence-corrected chi connectivity index (χ0v) is 16.4. The van der Waals surface area contributed by atoms with Gasteiger partial charge >= 0.3 is 0 Å². The molecular weight excluding hydrogens is 356 g/mol. The number of hydrogen-bond donors (Lipinski definition) is 0. The summed E-state index contributed by atoms with van der Waals surface area (Å²) in [6.07, 6.45) is 1.14. The number of aromatic nitrogens is 2. The molecule has 0 saturated carbocycles. The van der Waals surface area contributed by atoms with Crippen LogP contribution in [-0.2, 0) is 6.54 Å². The molecule has 5 nitrogen and oxygen atoms in total. The summed E-state index contributed by atoms with van der Waals surface area (Å²) < 4.78 is 5.43. The lowest BCUT2D eigenvalue weighted by atomic mass is 10.1. The van der Waals surface area contributed by atoms with Crippen LogP contribution in [0, 0.1) is 0 Å². The van der Waals surface area contributed by atoms with Gasteiger partial charge in [0.1, 0.15) is 5.75 Å². The third-order valence-electron chi connectivity index (χ3n) is 4.91. The molecule has 0 N–H and O–H groups in total. The highest BCUT2D eigenvalue weighted by atomic mass is 32.1. The summed E-state index contributed by atoms with van der Waals surface area (Å²) in [5, 5.41) is 11.1. The summed E-state index contributed by atoms with van der Waals surface area (Å²) in [4.78, 5) is 6.31. The molecule has 1 aliphatic heterocycles. The molecule has 1 saturated heterocycles. The lowest BCUT2D eigenvalue weighted by Crippen LogP contribution is -2.30. The van der Waals surface area contributed by atoms with Crippen molar-refractivity contribution in [2.75, 3.05) is 38.2 Å². The first kappa shape index (κ1) is 17.9. The fraction of sp³-hybridized carbons (Fsp3) is 0.333. The molecule has 3 heterocycles. The van der Waals surface area contributed by atoms with E-state index in [1.54, 1.807) is 7.11 Å². The van der Waals surface area contributed by atoms with Crippen molar-refractivity contribution in [1.82, 2.24) is 15.1 Å². The maximum absolute atomic E-state index is 5.43. The van der Waals surface area contributed by atoms with Gasteiger partial charge in [-0.1, -0.05) is 18.2 Å². The fourth-order valence-corrected chi connectivity index (χ4v) is 4.22. The first-order chi connectivity index (χ1) is 13.3. The summed E-state index contributed by atoms with van der Waals surface area (Å²) in [5.74, 6) is 1.77. The molecule has 27 heavy (non-hydrogen) atoms. The molecule has 6 heteroatoms. The van der Waals surface area contributed by atoms with Gasteiger partial charge in [-0.2, -0.15) is 0 Å². The Labute approximate surface area is 164 Å². The summed E-state index contributed by atoms with van der Waals surface area (Å²) in [5.41, 5.74) is 1.81. The molecule has 3 aromatic rings. The second kappa shape index (κ2) is 8.50. The Hall–Kier alpha value is -2.44. The first-order valence-electron chi connectivity index (χ1n) is 9.30. The van der Waals surface area contributed by atoms with Gasteiger partial charge in [-0.15, -0.1) is 21.5 Å². The topological polar surface area (TPSA) is 41.5 Å². The van der Waals surface area contributed by atoms with Crippen LogP contribution in [0.2, 0.25) is 0 Å². The average molecular weight is 381 g/mol. The molecule has 140 valence electrons. The first-order valence-corrected chi connectivity index (χ1v) is 10.2. The maximum Gasteiger partial charge on any atom is 0.151 e. The van der Waals surface area contributed by atoms with Gasteiger partial charge < -0.3 is 9.64 Å². The highest BCUT2D eigenvalue weighted by Gasteiger charge is 2.17. The van der Waals surface area contributed by atoms with E-state index in [-0.39, 0.29) is 0 Å². The minimum atomic E-state index is 0.818. The van der Waals surface area contributed by atoms with Crippen LogP contribution in [-0.4, -0.2) is 48.4 Å². The van der Waals surface area contributed by atoms with Gasteiger partial charge in [0.05, 0.1) is 12.8 Å². The van der Waals surface area contributed by atoms with Gasteiger partial charge in [-0.25, -0.2) is 0 Å². The minimum absolute atomic E-state index is 0.818. The molecule has 0 unspecified atom stereocenters. The Morgan fingerprint density at radius 2 is 1.89 bits per heavy atom. The van der Waals surface area contributed by atoms with E-state index in [0.717, 1.165) is 62.0 Å². The number of para-hydroxylation sites is 1. The van der Waals surface area contributed by atoms with E-state index in [2.05, 4.69) is 43.6 Å². The lowest BCUT2D eigenvalue weighted by molar-refractivity contribution is 0.288. The third kappa shape index (κ3) is 4.28. The van der Waals surface area contributed by atoms with Gasteiger partial charge in [-0.05, 0) is 42.1 Å². The van der Waals surface area contributed by atoms with Crippen molar-refractivity contribution < 1.29 is 4.74 Å². The largest absolute Gasteiger partial charge is 0.496 e. The molecule has 2 aromatic heterocycles. The van der Waals surface area contributed by atoms with Gasteiger partial charge in [0.25, 0.3) is 0 Å². The van der Waals surface area contributed by atoms with Gasteiger partial charge in [-0.3, -0.25) is 4.90 Å². The lowest BCUT2D eigenvalue weighted by Gasteiger charge is -2.22. The summed E-state index contributed by atoms with van der Waals surface area (Å²) in [7, 11) is 1.68. The molecule has 1 aromatic carbocycles. The van der Waals surface area contributed by atoms with Crippen LogP contribution in [0.25, 0.3) is 11.3 Å². The van der Waals surface area contributed by atoms with Crippen LogP contribution < -0.4 is 9.64 Å². The van der Waals surface area contributed by atoms with Crippen LogP contribution in [0.5, 0.6) is 5.75 Å². The Morgan fingerprint density at radius 1 is 0.963 bits per heavy atom.